The number of hydrogen-bond acceptors (Lipinski definition) is 5. The van der Waals surface area contributed by atoms with E-state index < -0.39 is 0 Å². The van der Waals surface area contributed by atoms with Gasteiger partial charge in [-0.05, 0) is 41.7 Å². The molecule has 0 saturated heterocycles. The number of nitrogens with zero attached hydrogens (tertiary/aromatic N) is 2. The predicted molar refractivity (Wildman–Crippen MR) is 118 cm³/mol. The van der Waals surface area contributed by atoms with Crippen molar-refractivity contribution in [1.29, 1.82) is 0 Å². The molecular formula is C23H29N3O3. The van der Waals surface area contributed by atoms with Gasteiger partial charge in [0.25, 0.3) is 5.56 Å². The smallest absolute Gasteiger partial charge is 0.254 e. The number of hydrogen-bond donors (Lipinski definition) is 1. The maximum absolute atomic E-state index is 11.8. The van der Waals surface area contributed by atoms with E-state index in [0.717, 1.165) is 23.1 Å². The van der Waals surface area contributed by atoms with Crippen LogP contribution in [0.5, 0.6) is 11.5 Å². The second-order valence-corrected chi connectivity index (χ2v) is 6.27. The highest BCUT2D eigenvalue weighted by atomic mass is 16.5. The van der Waals surface area contributed by atoms with Crippen molar-refractivity contribution in [3.63, 3.8) is 0 Å². The van der Waals surface area contributed by atoms with Crippen molar-refractivity contribution in [2.75, 3.05) is 20.0 Å². The molecule has 0 amide bonds. The Morgan fingerprint density at radius 2 is 1.62 bits per heavy atom. The van der Waals surface area contributed by atoms with E-state index in [1.54, 1.807) is 21.3 Å². The average molecular weight is 396 g/mol. The molecule has 0 aliphatic heterocycles. The van der Waals surface area contributed by atoms with Crippen molar-refractivity contribution in [3.05, 3.63) is 70.1 Å². The summed E-state index contributed by atoms with van der Waals surface area (Å²) < 4.78 is 12.0. The molecule has 0 spiro atoms. The van der Waals surface area contributed by atoms with Crippen LogP contribution in [0.25, 0.3) is 11.1 Å². The lowest BCUT2D eigenvalue weighted by atomic mass is 10.00. The summed E-state index contributed by atoms with van der Waals surface area (Å²) in [6.45, 7) is 4.00. The highest BCUT2D eigenvalue weighted by Gasteiger charge is 2.08. The van der Waals surface area contributed by atoms with E-state index in [2.05, 4.69) is 23.2 Å². The Hall–Kier alpha value is -3.28. The minimum absolute atomic E-state index is 0.142. The molecule has 2 aromatic carbocycles. The van der Waals surface area contributed by atoms with Crippen LogP contribution in [0.2, 0.25) is 0 Å². The quantitative estimate of drug-likeness (QED) is 0.686. The molecule has 2 N–H and O–H groups in total. The number of anilines is 1. The van der Waals surface area contributed by atoms with Crippen LogP contribution in [-0.4, -0.2) is 23.8 Å². The highest BCUT2D eigenvalue weighted by molar-refractivity contribution is 5.67. The van der Waals surface area contributed by atoms with E-state index in [0.29, 0.717) is 23.6 Å². The average Bonchev–Trinajstić information content (AvgIpc) is 2.77. The van der Waals surface area contributed by atoms with E-state index >= 15 is 0 Å². The van der Waals surface area contributed by atoms with E-state index in [4.69, 9.17) is 15.2 Å². The molecule has 1 aromatic heterocycles. The van der Waals surface area contributed by atoms with Gasteiger partial charge in [-0.15, -0.1) is 0 Å². The molecule has 0 unspecified atom stereocenters. The molecule has 154 valence electrons. The van der Waals surface area contributed by atoms with Crippen LogP contribution in [0, 0.1) is 0 Å². The van der Waals surface area contributed by atoms with E-state index in [-0.39, 0.29) is 11.5 Å². The zero-order chi connectivity index (χ0) is 21.4. The standard InChI is InChI=1S/C21H23N3O3.C2H6/c1-24-20(25)13-17(23-21(24)22)9-7-14-5-4-6-15(11-14)16-8-10-18(26-2)19(12-16)27-3;1-2/h4-6,8,10-13H,7,9H2,1-3H3,(H2,22,23);1-2H3. The third-order valence-electron chi connectivity index (χ3n) is 4.54. The number of aromatic nitrogens is 2. The van der Waals surface area contributed by atoms with Crippen molar-refractivity contribution < 1.29 is 9.47 Å². The van der Waals surface area contributed by atoms with Gasteiger partial charge >= 0.3 is 0 Å². The Morgan fingerprint density at radius 1 is 0.931 bits per heavy atom. The van der Waals surface area contributed by atoms with E-state index in [1.165, 1.54) is 10.6 Å². The Bertz CT molecular complexity index is 1010. The van der Waals surface area contributed by atoms with Crippen molar-refractivity contribution in [2.45, 2.75) is 26.7 Å². The Kier molecular flexibility index (Phi) is 7.83. The molecule has 0 saturated carbocycles. The van der Waals surface area contributed by atoms with Gasteiger partial charge in [0.1, 0.15) is 0 Å². The molecule has 0 fully saturated rings. The summed E-state index contributed by atoms with van der Waals surface area (Å²) in [4.78, 5) is 16.1. The number of nitrogens with two attached hydrogens (primary N) is 1. The van der Waals surface area contributed by atoms with Crippen LogP contribution < -0.4 is 20.8 Å². The van der Waals surface area contributed by atoms with Gasteiger partial charge in [-0.2, -0.15) is 0 Å². The number of rotatable bonds is 6. The first kappa shape index (κ1) is 22.0. The van der Waals surface area contributed by atoms with Crippen LogP contribution in [0.4, 0.5) is 5.95 Å². The molecule has 1 heterocycles. The fourth-order valence-electron chi connectivity index (χ4n) is 2.93. The fraction of sp³-hybridized carbons (Fsp3) is 0.304. The zero-order valence-electron chi connectivity index (χ0n) is 17.7. The number of ether oxygens (including phenoxy) is 2. The van der Waals surface area contributed by atoms with Gasteiger partial charge in [-0.25, -0.2) is 4.98 Å². The second-order valence-electron chi connectivity index (χ2n) is 6.27. The Morgan fingerprint density at radius 3 is 2.28 bits per heavy atom. The minimum Gasteiger partial charge on any atom is -0.493 e. The van der Waals surface area contributed by atoms with Crippen LogP contribution in [0.15, 0.2) is 53.3 Å². The molecule has 0 aliphatic rings. The maximum Gasteiger partial charge on any atom is 0.254 e. The maximum atomic E-state index is 11.8. The molecular weight excluding hydrogens is 366 g/mol. The van der Waals surface area contributed by atoms with Gasteiger partial charge in [0, 0.05) is 13.1 Å². The summed E-state index contributed by atoms with van der Waals surface area (Å²) in [6, 6.07) is 15.7. The van der Waals surface area contributed by atoms with Gasteiger partial charge in [0.2, 0.25) is 5.95 Å². The van der Waals surface area contributed by atoms with Crippen LogP contribution in [0.3, 0.4) is 0 Å². The topological polar surface area (TPSA) is 79.4 Å². The largest absolute Gasteiger partial charge is 0.493 e. The molecule has 3 rings (SSSR count). The van der Waals surface area contributed by atoms with Gasteiger partial charge in [0.15, 0.2) is 11.5 Å². The van der Waals surface area contributed by atoms with Gasteiger partial charge in [-0.3, -0.25) is 9.36 Å². The number of methoxy groups -OCH3 is 2. The summed E-state index contributed by atoms with van der Waals surface area (Å²) in [5.41, 5.74) is 9.62. The molecule has 0 bridgehead atoms. The van der Waals surface area contributed by atoms with E-state index in [1.807, 2.05) is 38.1 Å². The monoisotopic (exact) mass is 395 g/mol. The SMILES string of the molecule is CC.COc1ccc(-c2cccc(CCc3cc(=O)n(C)c(N)n3)c2)cc1OC. The summed E-state index contributed by atoms with van der Waals surface area (Å²) in [7, 11) is 4.86. The van der Waals surface area contributed by atoms with Crippen LogP contribution >= 0.6 is 0 Å². The lowest BCUT2D eigenvalue weighted by Crippen LogP contribution is -2.21. The Balaban J connectivity index is 0.00000145. The molecule has 6 heteroatoms. The first-order chi connectivity index (χ1) is 14.0. The van der Waals surface area contributed by atoms with Gasteiger partial charge in [0.05, 0.1) is 19.9 Å². The minimum atomic E-state index is -0.142. The molecule has 3 aromatic rings. The van der Waals surface area contributed by atoms with Gasteiger partial charge < -0.3 is 15.2 Å². The Labute approximate surface area is 171 Å². The number of aryl methyl sites for hydroxylation is 2. The van der Waals surface area contributed by atoms with Crippen molar-refractivity contribution in [3.8, 4) is 22.6 Å². The van der Waals surface area contributed by atoms with Crippen LogP contribution in [-0.2, 0) is 19.9 Å². The highest BCUT2D eigenvalue weighted by Crippen LogP contribution is 2.32. The summed E-state index contributed by atoms with van der Waals surface area (Å²) >= 11 is 0. The van der Waals surface area contributed by atoms with Gasteiger partial charge in [-0.1, -0.05) is 44.2 Å². The summed E-state index contributed by atoms with van der Waals surface area (Å²) in [5, 5.41) is 0. The fourth-order valence-corrected chi connectivity index (χ4v) is 2.93. The number of benzene rings is 2. The molecule has 0 aliphatic carbocycles. The predicted octanol–water partition coefficient (Wildman–Crippen LogP) is 3.86. The molecule has 29 heavy (non-hydrogen) atoms. The molecule has 0 radical (unpaired) electrons. The molecule has 6 nitrogen and oxygen atoms in total. The van der Waals surface area contributed by atoms with Crippen molar-refractivity contribution >= 4 is 5.95 Å². The second kappa shape index (κ2) is 10.3. The summed E-state index contributed by atoms with van der Waals surface area (Å²) in [6.07, 6.45) is 1.41. The molecule has 0 atom stereocenters. The van der Waals surface area contributed by atoms with Crippen molar-refractivity contribution in [1.82, 2.24) is 9.55 Å². The normalized spacial score (nSPS) is 10.1. The third-order valence-corrected chi connectivity index (χ3v) is 4.54. The summed E-state index contributed by atoms with van der Waals surface area (Å²) in [5.74, 6) is 1.63. The lowest BCUT2D eigenvalue weighted by molar-refractivity contribution is 0.355. The third kappa shape index (κ3) is 5.38. The number of nitrogen functional groups attached to an aromatic ring is 1. The first-order valence-corrected chi connectivity index (χ1v) is 9.65. The lowest BCUT2D eigenvalue weighted by Gasteiger charge is -2.11. The van der Waals surface area contributed by atoms with Crippen LogP contribution in [0.1, 0.15) is 25.1 Å². The van der Waals surface area contributed by atoms with E-state index in [9.17, 15) is 4.79 Å². The first-order valence-electron chi connectivity index (χ1n) is 9.65. The zero-order valence-corrected chi connectivity index (χ0v) is 17.7. The van der Waals surface area contributed by atoms with Crippen molar-refractivity contribution in [2.24, 2.45) is 7.05 Å².